The number of likely N-dealkylation sites (N-methyl/N-ethyl adjacent to an activating group) is 1. The fourth-order valence-corrected chi connectivity index (χ4v) is 2.52. The Labute approximate surface area is 145 Å². The number of hydrogen-bond acceptors (Lipinski definition) is 5. The van der Waals surface area contributed by atoms with E-state index in [1.54, 1.807) is 0 Å². The van der Waals surface area contributed by atoms with Crippen LogP contribution in [0.1, 0.15) is 18.1 Å². The molecule has 0 bridgehead atoms. The van der Waals surface area contributed by atoms with Crippen molar-refractivity contribution < 1.29 is 23.9 Å². The third-order valence-corrected chi connectivity index (χ3v) is 3.89. The number of imide groups is 1. The van der Waals surface area contributed by atoms with Crippen molar-refractivity contribution in [1.82, 2.24) is 9.80 Å². The maximum Gasteiger partial charge on any atom is 0.327 e. The summed E-state index contributed by atoms with van der Waals surface area (Å²) in [6.45, 7) is 2.80. The first-order valence-electron chi connectivity index (χ1n) is 7.93. The number of benzene rings is 1. The quantitative estimate of drug-likeness (QED) is 0.610. The van der Waals surface area contributed by atoms with Crippen LogP contribution in [0.5, 0.6) is 0 Å². The van der Waals surface area contributed by atoms with E-state index in [0.717, 1.165) is 22.4 Å². The minimum Gasteiger partial charge on any atom is -0.454 e. The van der Waals surface area contributed by atoms with Gasteiger partial charge in [-0.25, -0.2) is 4.79 Å². The van der Waals surface area contributed by atoms with E-state index in [1.807, 2.05) is 32.0 Å². The molecule has 1 heterocycles. The molecule has 0 unspecified atom stereocenters. The van der Waals surface area contributed by atoms with Crippen LogP contribution in [-0.2, 0) is 25.5 Å². The monoisotopic (exact) mass is 347 g/mol. The van der Waals surface area contributed by atoms with E-state index >= 15 is 0 Å². The summed E-state index contributed by atoms with van der Waals surface area (Å²) in [5.41, 5.74) is 2.60. The molecular formula is C17H21N3O5. The summed E-state index contributed by atoms with van der Waals surface area (Å²) in [5.74, 6) is -1.76. The van der Waals surface area contributed by atoms with Gasteiger partial charge >= 0.3 is 12.0 Å². The number of amides is 4. The van der Waals surface area contributed by atoms with Gasteiger partial charge < -0.3 is 15.0 Å². The van der Waals surface area contributed by atoms with Crippen LogP contribution in [-0.4, -0.2) is 60.4 Å². The molecule has 1 fully saturated rings. The van der Waals surface area contributed by atoms with Crippen molar-refractivity contribution in [2.24, 2.45) is 0 Å². The summed E-state index contributed by atoms with van der Waals surface area (Å²) in [6, 6.07) is 5.14. The summed E-state index contributed by atoms with van der Waals surface area (Å²) < 4.78 is 4.87. The first-order chi connectivity index (χ1) is 11.8. The number of para-hydroxylation sites is 1. The Morgan fingerprint density at radius 2 is 2.00 bits per heavy atom. The molecule has 0 atom stereocenters. The van der Waals surface area contributed by atoms with Crippen molar-refractivity contribution in [2.75, 3.05) is 32.1 Å². The lowest BCUT2D eigenvalue weighted by molar-refractivity contribution is -0.149. The molecule has 0 aliphatic carbocycles. The van der Waals surface area contributed by atoms with Crippen molar-refractivity contribution >= 4 is 29.5 Å². The van der Waals surface area contributed by atoms with Gasteiger partial charge in [-0.05, 0) is 24.5 Å². The second kappa shape index (κ2) is 7.78. The summed E-state index contributed by atoms with van der Waals surface area (Å²) >= 11 is 0. The van der Waals surface area contributed by atoms with Crippen LogP contribution in [0.4, 0.5) is 10.5 Å². The number of hydrogen-bond donors (Lipinski definition) is 1. The van der Waals surface area contributed by atoms with E-state index in [9.17, 15) is 19.2 Å². The molecule has 8 heteroatoms. The molecule has 0 radical (unpaired) electrons. The molecule has 1 aliphatic rings. The zero-order chi connectivity index (χ0) is 18.6. The van der Waals surface area contributed by atoms with E-state index in [-0.39, 0.29) is 6.54 Å². The van der Waals surface area contributed by atoms with Crippen LogP contribution in [0.25, 0.3) is 0 Å². The SMILES string of the molecule is CCc1cccc(C)c1NC(=O)COC(=O)CN1C(=O)CN(C)C1=O. The number of carbonyl (C=O) groups is 4. The average Bonchev–Trinajstić information content (AvgIpc) is 2.81. The minimum atomic E-state index is -0.812. The molecule has 1 aromatic carbocycles. The van der Waals surface area contributed by atoms with Crippen molar-refractivity contribution in [1.29, 1.82) is 0 Å². The number of rotatable bonds is 6. The zero-order valence-corrected chi connectivity index (χ0v) is 14.5. The summed E-state index contributed by atoms with van der Waals surface area (Å²) in [6.07, 6.45) is 0.754. The molecule has 1 aliphatic heterocycles. The van der Waals surface area contributed by atoms with Gasteiger partial charge in [0.2, 0.25) is 0 Å². The Morgan fingerprint density at radius 1 is 1.28 bits per heavy atom. The highest BCUT2D eigenvalue weighted by Gasteiger charge is 2.35. The molecule has 0 aromatic heterocycles. The lowest BCUT2D eigenvalue weighted by Gasteiger charge is -2.14. The predicted octanol–water partition coefficient (Wildman–Crippen LogP) is 0.933. The highest BCUT2D eigenvalue weighted by atomic mass is 16.5. The van der Waals surface area contributed by atoms with Gasteiger partial charge in [0.1, 0.15) is 13.1 Å². The topological polar surface area (TPSA) is 96.0 Å². The standard InChI is InChI=1S/C17H21N3O5/c1-4-12-7-5-6-11(2)16(12)18-13(21)10-25-15(23)9-20-14(22)8-19(3)17(20)24/h5-7H,4,8-10H2,1-3H3,(H,18,21). The van der Waals surface area contributed by atoms with Gasteiger partial charge in [0.15, 0.2) is 6.61 Å². The molecule has 0 saturated carbocycles. The van der Waals surface area contributed by atoms with E-state index in [0.29, 0.717) is 5.69 Å². The smallest absolute Gasteiger partial charge is 0.327 e. The Hall–Kier alpha value is -2.90. The number of anilines is 1. The fourth-order valence-electron chi connectivity index (χ4n) is 2.52. The van der Waals surface area contributed by atoms with Crippen LogP contribution in [0.3, 0.4) is 0 Å². The van der Waals surface area contributed by atoms with E-state index in [2.05, 4.69) is 5.32 Å². The number of aryl methyl sites for hydroxylation is 2. The molecule has 134 valence electrons. The normalized spacial score (nSPS) is 14.0. The summed E-state index contributed by atoms with van der Waals surface area (Å²) in [7, 11) is 1.46. The zero-order valence-electron chi connectivity index (χ0n) is 14.5. The third-order valence-electron chi connectivity index (χ3n) is 3.89. The Bertz CT molecular complexity index is 716. The molecule has 1 aromatic rings. The van der Waals surface area contributed by atoms with Crippen LogP contribution >= 0.6 is 0 Å². The van der Waals surface area contributed by atoms with Gasteiger partial charge in [-0.1, -0.05) is 25.1 Å². The minimum absolute atomic E-state index is 0.0698. The first kappa shape index (κ1) is 18.4. The molecule has 1 saturated heterocycles. The molecule has 1 N–H and O–H groups in total. The van der Waals surface area contributed by atoms with Gasteiger partial charge in [-0.2, -0.15) is 0 Å². The molecule has 4 amide bonds. The maximum atomic E-state index is 12.0. The molecule has 0 spiro atoms. The molecule has 8 nitrogen and oxygen atoms in total. The number of carbonyl (C=O) groups excluding carboxylic acids is 4. The number of urea groups is 1. The Kier molecular flexibility index (Phi) is 5.74. The maximum absolute atomic E-state index is 12.0. The van der Waals surface area contributed by atoms with Gasteiger partial charge in [0.05, 0.1) is 0 Å². The summed E-state index contributed by atoms with van der Waals surface area (Å²) in [4.78, 5) is 49.1. The van der Waals surface area contributed by atoms with Crippen molar-refractivity contribution in [2.45, 2.75) is 20.3 Å². The summed E-state index contributed by atoms with van der Waals surface area (Å²) in [5, 5.41) is 2.73. The van der Waals surface area contributed by atoms with Crippen LogP contribution < -0.4 is 5.32 Å². The number of ether oxygens (including phenoxy) is 1. The van der Waals surface area contributed by atoms with Gasteiger partial charge in [0, 0.05) is 12.7 Å². The highest BCUT2D eigenvalue weighted by Crippen LogP contribution is 2.20. The van der Waals surface area contributed by atoms with Crippen LogP contribution in [0, 0.1) is 6.92 Å². The van der Waals surface area contributed by atoms with Gasteiger partial charge in [-0.3, -0.25) is 19.3 Å². The van der Waals surface area contributed by atoms with Gasteiger partial charge in [-0.15, -0.1) is 0 Å². The van der Waals surface area contributed by atoms with Crippen LogP contribution in [0.2, 0.25) is 0 Å². The predicted molar refractivity (Wildman–Crippen MR) is 89.9 cm³/mol. The fraction of sp³-hybridized carbons (Fsp3) is 0.412. The number of esters is 1. The molecule has 25 heavy (non-hydrogen) atoms. The lowest BCUT2D eigenvalue weighted by Crippen LogP contribution is -2.37. The first-order valence-corrected chi connectivity index (χ1v) is 7.93. The van der Waals surface area contributed by atoms with Gasteiger partial charge in [0.25, 0.3) is 11.8 Å². The highest BCUT2D eigenvalue weighted by molar-refractivity contribution is 6.04. The Morgan fingerprint density at radius 3 is 2.60 bits per heavy atom. The van der Waals surface area contributed by atoms with Crippen molar-refractivity contribution in [3.63, 3.8) is 0 Å². The third kappa shape index (κ3) is 4.34. The number of nitrogens with zero attached hydrogens (tertiary/aromatic N) is 2. The molecular weight excluding hydrogens is 326 g/mol. The Balaban J connectivity index is 1.87. The second-order valence-corrected chi connectivity index (χ2v) is 5.79. The van der Waals surface area contributed by atoms with E-state index in [4.69, 9.17) is 4.74 Å². The largest absolute Gasteiger partial charge is 0.454 e. The number of nitrogens with one attached hydrogen (secondary N) is 1. The van der Waals surface area contributed by atoms with Crippen LogP contribution in [0.15, 0.2) is 18.2 Å². The molecule has 2 rings (SSSR count). The average molecular weight is 347 g/mol. The lowest BCUT2D eigenvalue weighted by atomic mass is 10.1. The van der Waals surface area contributed by atoms with Crippen molar-refractivity contribution in [3.05, 3.63) is 29.3 Å². The van der Waals surface area contributed by atoms with Crippen molar-refractivity contribution in [3.8, 4) is 0 Å². The second-order valence-electron chi connectivity index (χ2n) is 5.79. The van der Waals surface area contributed by atoms with E-state index in [1.165, 1.54) is 11.9 Å². The van der Waals surface area contributed by atoms with E-state index < -0.39 is 37.0 Å².